The van der Waals surface area contributed by atoms with Gasteiger partial charge in [0.05, 0.1) is 0 Å². The number of rotatable bonds is 5. The van der Waals surface area contributed by atoms with E-state index in [-0.39, 0.29) is 5.91 Å². The van der Waals surface area contributed by atoms with Gasteiger partial charge < -0.3 is 4.90 Å². The molecule has 0 fully saturated rings. The fourth-order valence-electron chi connectivity index (χ4n) is 1.71. The summed E-state index contributed by atoms with van der Waals surface area (Å²) >= 11 is 3.20. The van der Waals surface area contributed by atoms with Gasteiger partial charge in [0, 0.05) is 23.1 Å². The van der Waals surface area contributed by atoms with Crippen molar-refractivity contribution in [2.45, 2.75) is 26.7 Å². The lowest BCUT2D eigenvalue weighted by Gasteiger charge is -2.21. The van der Waals surface area contributed by atoms with Crippen LogP contribution in [0.4, 0.5) is 4.39 Å². The van der Waals surface area contributed by atoms with Gasteiger partial charge in [-0.3, -0.25) is 4.79 Å². The van der Waals surface area contributed by atoms with Crippen LogP contribution in [-0.4, -0.2) is 23.9 Å². The van der Waals surface area contributed by atoms with Crippen LogP contribution in [0.25, 0.3) is 0 Å². The van der Waals surface area contributed by atoms with Crippen LogP contribution in [0.2, 0.25) is 0 Å². The van der Waals surface area contributed by atoms with Gasteiger partial charge in [-0.15, -0.1) is 0 Å². The molecule has 0 heterocycles. The van der Waals surface area contributed by atoms with E-state index in [4.69, 9.17) is 0 Å². The van der Waals surface area contributed by atoms with Crippen LogP contribution in [-0.2, 0) is 0 Å². The zero-order valence-electron chi connectivity index (χ0n) is 10.2. The molecule has 1 amide bonds. The number of hydrogen-bond acceptors (Lipinski definition) is 1. The fourth-order valence-corrected chi connectivity index (χ4v) is 2.18. The van der Waals surface area contributed by atoms with Gasteiger partial charge in [-0.2, -0.15) is 0 Å². The van der Waals surface area contributed by atoms with Crippen molar-refractivity contribution in [3.8, 4) is 0 Å². The lowest BCUT2D eigenvalue weighted by Crippen LogP contribution is -2.32. The molecule has 0 N–H and O–H groups in total. The summed E-state index contributed by atoms with van der Waals surface area (Å²) in [6, 6.07) is 4.29. The third-order valence-corrected chi connectivity index (χ3v) is 2.84. The molecule has 1 rings (SSSR count). The summed E-state index contributed by atoms with van der Waals surface area (Å²) in [4.78, 5) is 13.9. The van der Waals surface area contributed by atoms with E-state index in [1.807, 2.05) is 13.8 Å². The van der Waals surface area contributed by atoms with Crippen molar-refractivity contribution in [1.29, 1.82) is 0 Å². The van der Waals surface area contributed by atoms with Crippen molar-refractivity contribution >= 4 is 21.8 Å². The van der Waals surface area contributed by atoms with Crippen molar-refractivity contribution in [3.63, 3.8) is 0 Å². The van der Waals surface area contributed by atoms with Gasteiger partial charge in [0.2, 0.25) is 0 Å². The molecule has 0 aromatic heterocycles. The maximum absolute atomic E-state index is 13.2. The summed E-state index contributed by atoms with van der Waals surface area (Å²) in [7, 11) is 0. The SMILES string of the molecule is CCCN(CCC)C(=O)c1cc(F)cc(Br)c1. The highest BCUT2D eigenvalue weighted by Crippen LogP contribution is 2.16. The first-order valence-electron chi connectivity index (χ1n) is 5.83. The van der Waals surface area contributed by atoms with Gasteiger partial charge >= 0.3 is 0 Å². The highest BCUT2D eigenvalue weighted by Gasteiger charge is 2.15. The second-order valence-electron chi connectivity index (χ2n) is 3.95. The molecule has 1 aromatic carbocycles. The smallest absolute Gasteiger partial charge is 0.253 e. The number of benzene rings is 1. The summed E-state index contributed by atoms with van der Waals surface area (Å²) in [5, 5.41) is 0. The lowest BCUT2D eigenvalue weighted by atomic mass is 10.2. The van der Waals surface area contributed by atoms with Crippen LogP contribution < -0.4 is 0 Å². The first-order chi connectivity index (χ1) is 8.08. The minimum absolute atomic E-state index is 0.103. The first kappa shape index (κ1) is 14.2. The molecule has 1 aromatic rings. The van der Waals surface area contributed by atoms with E-state index in [0.717, 1.165) is 12.8 Å². The predicted octanol–water partition coefficient (Wildman–Crippen LogP) is 3.85. The molecule has 0 saturated carbocycles. The monoisotopic (exact) mass is 301 g/mol. The molecular formula is C13H17BrFNO. The van der Waals surface area contributed by atoms with E-state index in [1.165, 1.54) is 12.1 Å². The van der Waals surface area contributed by atoms with E-state index < -0.39 is 5.82 Å². The topological polar surface area (TPSA) is 20.3 Å². The second kappa shape index (κ2) is 6.74. The lowest BCUT2D eigenvalue weighted by molar-refractivity contribution is 0.0755. The third kappa shape index (κ3) is 4.11. The summed E-state index contributed by atoms with van der Waals surface area (Å²) in [5.74, 6) is -0.496. The quantitative estimate of drug-likeness (QED) is 0.809. The van der Waals surface area contributed by atoms with Gasteiger partial charge in [0.1, 0.15) is 5.82 Å². The number of halogens is 2. The highest BCUT2D eigenvalue weighted by atomic mass is 79.9. The average Bonchev–Trinajstić information content (AvgIpc) is 2.26. The number of amides is 1. The van der Waals surface area contributed by atoms with Crippen LogP contribution >= 0.6 is 15.9 Å². The van der Waals surface area contributed by atoms with Crippen molar-refractivity contribution in [2.75, 3.05) is 13.1 Å². The molecule has 0 aliphatic carbocycles. The Morgan fingerprint density at radius 2 is 1.82 bits per heavy atom. The van der Waals surface area contributed by atoms with Crippen molar-refractivity contribution in [3.05, 3.63) is 34.1 Å². The van der Waals surface area contributed by atoms with Crippen LogP contribution in [0, 0.1) is 5.82 Å². The summed E-state index contributed by atoms with van der Waals surface area (Å²) in [6.45, 7) is 5.47. The second-order valence-corrected chi connectivity index (χ2v) is 4.87. The Morgan fingerprint density at radius 3 is 2.29 bits per heavy atom. The Morgan fingerprint density at radius 1 is 1.24 bits per heavy atom. The fraction of sp³-hybridized carbons (Fsp3) is 0.462. The van der Waals surface area contributed by atoms with Gasteiger partial charge in [0.25, 0.3) is 5.91 Å². The highest BCUT2D eigenvalue weighted by molar-refractivity contribution is 9.10. The van der Waals surface area contributed by atoms with Crippen molar-refractivity contribution < 1.29 is 9.18 Å². The Hall–Kier alpha value is -0.900. The van der Waals surface area contributed by atoms with E-state index in [9.17, 15) is 9.18 Å². The van der Waals surface area contributed by atoms with E-state index in [0.29, 0.717) is 23.1 Å². The minimum Gasteiger partial charge on any atom is -0.339 e. The largest absolute Gasteiger partial charge is 0.339 e. The van der Waals surface area contributed by atoms with E-state index >= 15 is 0 Å². The van der Waals surface area contributed by atoms with Gasteiger partial charge in [-0.05, 0) is 31.0 Å². The molecule has 0 radical (unpaired) electrons. The molecule has 0 spiro atoms. The van der Waals surface area contributed by atoms with Crippen LogP contribution in [0.1, 0.15) is 37.0 Å². The normalized spacial score (nSPS) is 10.4. The Kier molecular flexibility index (Phi) is 5.62. The zero-order valence-corrected chi connectivity index (χ0v) is 11.8. The number of carbonyl (C=O) groups excluding carboxylic acids is 1. The molecular weight excluding hydrogens is 285 g/mol. The molecule has 2 nitrogen and oxygen atoms in total. The molecule has 4 heteroatoms. The molecule has 94 valence electrons. The summed E-state index contributed by atoms with van der Waals surface area (Å²) < 4.78 is 13.8. The molecule has 0 aliphatic heterocycles. The molecule has 0 saturated heterocycles. The zero-order chi connectivity index (χ0) is 12.8. The predicted molar refractivity (Wildman–Crippen MR) is 70.6 cm³/mol. The molecule has 17 heavy (non-hydrogen) atoms. The standard InChI is InChI=1S/C13H17BrFNO/c1-3-5-16(6-4-2)13(17)10-7-11(14)9-12(15)8-10/h7-9H,3-6H2,1-2H3. The van der Waals surface area contributed by atoms with Crippen molar-refractivity contribution in [2.24, 2.45) is 0 Å². The first-order valence-corrected chi connectivity index (χ1v) is 6.63. The third-order valence-electron chi connectivity index (χ3n) is 2.38. The Bertz CT molecular complexity index is 369. The minimum atomic E-state index is -0.393. The average molecular weight is 302 g/mol. The molecule has 0 aliphatic rings. The maximum Gasteiger partial charge on any atom is 0.253 e. The maximum atomic E-state index is 13.2. The molecule has 0 bridgehead atoms. The Labute approximate surface area is 110 Å². The van der Waals surface area contributed by atoms with E-state index in [2.05, 4.69) is 15.9 Å². The van der Waals surface area contributed by atoms with E-state index in [1.54, 1.807) is 11.0 Å². The van der Waals surface area contributed by atoms with Crippen LogP contribution in [0.3, 0.4) is 0 Å². The van der Waals surface area contributed by atoms with Crippen molar-refractivity contribution in [1.82, 2.24) is 4.90 Å². The van der Waals surface area contributed by atoms with Gasteiger partial charge in [0.15, 0.2) is 0 Å². The van der Waals surface area contributed by atoms with Crippen LogP contribution in [0.5, 0.6) is 0 Å². The van der Waals surface area contributed by atoms with Gasteiger partial charge in [-0.25, -0.2) is 4.39 Å². The summed E-state index contributed by atoms with van der Waals surface area (Å²) in [5.41, 5.74) is 0.402. The summed E-state index contributed by atoms with van der Waals surface area (Å²) in [6.07, 6.45) is 1.81. The number of nitrogens with zero attached hydrogens (tertiary/aromatic N) is 1. The number of carbonyl (C=O) groups is 1. The molecule has 0 atom stereocenters. The number of hydrogen-bond donors (Lipinski definition) is 0. The van der Waals surface area contributed by atoms with Gasteiger partial charge in [-0.1, -0.05) is 29.8 Å². The Balaban J connectivity index is 2.92. The molecule has 0 unspecified atom stereocenters. The van der Waals surface area contributed by atoms with Crippen LogP contribution in [0.15, 0.2) is 22.7 Å².